The summed E-state index contributed by atoms with van der Waals surface area (Å²) in [6.07, 6.45) is 0. The van der Waals surface area contributed by atoms with Gasteiger partial charge in [0.2, 0.25) is 0 Å². The third kappa shape index (κ3) is 2.41. The molecule has 3 aromatic rings. The van der Waals surface area contributed by atoms with Crippen molar-refractivity contribution in [1.29, 1.82) is 0 Å². The van der Waals surface area contributed by atoms with E-state index in [1.54, 1.807) is 6.07 Å². The number of halogens is 3. The van der Waals surface area contributed by atoms with Gasteiger partial charge in [-0.25, -0.2) is 13.8 Å². The van der Waals surface area contributed by atoms with Gasteiger partial charge < -0.3 is 4.42 Å². The number of nitrogens with zero attached hydrogens (tertiary/aromatic N) is 1. The van der Waals surface area contributed by atoms with Gasteiger partial charge in [-0.05, 0) is 36.4 Å². The van der Waals surface area contributed by atoms with Gasteiger partial charge in [0.05, 0.1) is 11.1 Å². The largest absolute Gasteiger partial charge is 0.427 e. The lowest BCUT2D eigenvalue weighted by Gasteiger charge is -2.06. The topological polar surface area (TPSA) is 52.2 Å². The fourth-order valence-corrected chi connectivity index (χ4v) is 2.49. The van der Waals surface area contributed by atoms with Crippen LogP contribution >= 0.6 is 27.5 Å². The second kappa shape index (κ2) is 5.13. The molecule has 0 amide bonds. The van der Waals surface area contributed by atoms with Gasteiger partial charge in [-0.1, -0.05) is 27.5 Å². The van der Waals surface area contributed by atoms with Gasteiger partial charge in [-0.3, -0.25) is 4.79 Å². The van der Waals surface area contributed by atoms with Crippen LogP contribution in [0.4, 0.5) is 4.39 Å². The SMILES string of the molecule is O=c1oc2ccc(Br)cc2c(=O)n1-c1ccc(Cl)cc1F. The summed E-state index contributed by atoms with van der Waals surface area (Å²) in [5.41, 5.74) is -0.734. The lowest BCUT2D eigenvalue weighted by atomic mass is 10.2. The molecular formula is C14H6BrClFNO3. The average Bonchev–Trinajstić information content (AvgIpc) is 2.42. The summed E-state index contributed by atoms with van der Waals surface area (Å²) in [5, 5.41) is 0.329. The summed E-state index contributed by atoms with van der Waals surface area (Å²) < 4.78 is 20.3. The summed E-state index contributed by atoms with van der Waals surface area (Å²) in [6.45, 7) is 0. The molecule has 0 bridgehead atoms. The quantitative estimate of drug-likeness (QED) is 0.659. The maximum atomic E-state index is 13.9. The van der Waals surface area contributed by atoms with E-state index >= 15 is 0 Å². The monoisotopic (exact) mass is 369 g/mol. The van der Waals surface area contributed by atoms with E-state index in [-0.39, 0.29) is 21.7 Å². The van der Waals surface area contributed by atoms with E-state index in [1.807, 2.05) is 0 Å². The standard InChI is InChI=1S/C14H6BrClFNO3/c15-7-1-4-12-9(5-7)13(19)18(14(20)21-12)11-3-2-8(16)6-10(11)17/h1-6H. The minimum absolute atomic E-state index is 0.138. The molecule has 0 fully saturated rings. The Hall–Kier alpha value is -1.92. The zero-order valence-electron chi connectivity index (χ0n) is 10.3. The lowest BCUT2D eigenvalue weighted by molar-refractivity contribution is 0.496. The first kappa shape index (κ1) is 14.0. The van der Waals surface area contributed by atoms with Crippen LogP contribution in [0.3, 0.4) is 0 Å². The number of rotatable bonds is 1. The second-order valence-corrected chi connectivity index (χ2v) is 5.60. The van der Waals surface area contributed by atoms with Gasteiger partial charge >= 0.3 is 5.76 Å². The van der Waals surface area contributed by atoms with E-state index in [4.69, 9.17) is 16.0 Å². The van der Waals surface area contributed by atoms with Crippen LogP contribution < -0.4 is 11.3 Å². The number of aromatic nitrogens is 1. The van der Waals surface area contributed by atoms with E-state index in [9.17, 15) is 14.0 Å². The molecule has 0 saturated heterocycles. The van der Waals surface area contributed by atoms with E-state index < -0.39 is 17.1 Å². The Bertz CT molecular complexity index is 980. The molecule has 0 saturated carbocycles. The number of hydrogen-bond donors (Lipinski definition) is 0. The van der Waals surface area contributed by atoms with Crippen molar-refractivity contribution in [2.45, 2.75) is 0 Å². The molecule has 0 aliphatic heterocycles. The predicted molar refractivity (Wildman–Crippen MR) is 80.7 cm³/mol. The first-order valence-corrected chi connectivity index (χ1v) is 6.95. The van der Waals surface area contributed by atoms with Crippen molar-refractivity contribution < 1.29 is 8.81 Å². The highest BCUT2D eigenvalue weighted by Crippen LogP contribution is 2.19. The van der Waals surface area contributed by atoms with Crippen LogP contribution in [-0.4, -0.2) is 4.57 Å². The highest BCUT2D eigenvalue weighted by Gasteiger charge is 2.15. The van der Waals surface area contributed by atoms with Crippen molar-refractivity contribution in [2.24, 2.45) is 0 Å². The van der Waals surface area contributed by atoms with Gasteiger partial charge in [0.15, 0.2) is 0 Å². The maximum Gasteiger partial charge on any atom is 0.427 e. The number of hydrogen-bond acceptors (Lipinski definition) is 3. The molecule has 0 radical (unpaired) electrons. The Morgan fingerprint density at radius 2 is 1.90 bits per heavy atom. The molecule has 2 aromatic carbocycles. The normalized spacial score (nSPS) is 11.0. The molecule has 0 atom stereocenters. The average molecular weight is 371 g/mol. The predicted octanol–water partition coefficient (Wildman–Crippen LogP) is 3.50. The van der Waals surface area contributed by atoms with Crippen LogP contribution in [0.2, 0.25) is 5.02 Å². The molecule has 0 unspecified atom stereocenters. The molecule has 21 heavy (non-hydrogen) atoms. The summed E-state index contributed by atoms with van der Waals surface area (Å²) in [4.78, 5) is 24.4. The Kier molecular flexibility index (Phi) is 3.43. The summed E-state index contributed by atoms with van der Waals surface area (Å²) in [7, 11) is 0. The molecule has 1 aromatic heterocycles. The third-order valence-electron chi connectivity index (χ3n) is 2.91. The molecule has 0 aliphatic rings. The summed E-state index contributed by atoms with van der Waals surface area (Å²) in [6, 6.07) is 8.29. The second-order valence-electron chi connectivity index (χ2n) is 4.24. The van der Waals surface area contributed by atoms with Gasteiger partial charge in [0.25, 0.3) is 5.56 Å². The van der Waals surface area contributed by atoms with Crippen LogP contribution in [0, 0.1) is 5.82 Å². The van der Waals surface area contributed by atoms with Gasteiger partial charge in [0.1, 0.15) is 11.4 Å². The first-order valence-electron chi connectivity index (χ1n) is 5.78. The Labute approximate surface area is 130 Å². The first-order chi connectivity index (χ1) is 9.97. The molecule has 3 rings (SSSR count). The Morgan fingerprint density at radius 1 is 1.14 bits per heavy atom. The lowest BCUT2D eigenvalue weighted by Crippen LogP contribution is -2.31. The van der Waals surface area contributed by atoms with Crippen molar-refractivity contribution in [3.05, 3.63) is 72.6 Å². The fraction of sp³-hybridized carbons (Fsp3) is 0. The zero-order valence-corrected chi connectivity index (χ0v) is 12.6. The Balaban J connectivity index is 2.43. The fourth-order valence-electron chi connectivity index (χ4n) is 1.97. The van der Waals surface area contributed by atoms with Crippen LogP contribution in [-0.2, 0) is 0 Å². The van der Waals surface area contributed by atoms with Crippen LogP contribution in [0.25, 0.3) is 16.7 Å². The highest BCUT2D eigenvalue weighted by molar-refractivity contribution is 9.10. The minimum atomic E-state index is -0.962. The van der Waals surface area contributed by atoms with Crippen molar-refractivity contribution in [3.8, 4) is 5.69 Å². The maximum absolute atomic E-state index is 13.9. The summed E-state index contributed by atoms with van der Waals surface area (Å²) in [5.74, 6) is -1.75. The molecule has 106 valence electrons. The summed E-state index contributed by atoms with van der Waals surface area (Å²) >= 11 is 8.90. The molecule has 0 aliphatic carbocycles. The molecule has 1 heterocycles. The van der Waals surface area contributed by atoms with Crippen molar-refractivity contribution in [3.63, 3.8) is 0 Å². The van der Waals surface area contributed by atoms with Crippen LogP contribution in [0.1, 0.15) is 0 Å². The molecule has 4 nitrogen and oxygen atoms in total. The van der Waals surface area contributed by atoms with E-state index in [0.717, 1.165) is 6.07 Å². The van der Waals surface area contributed by atoms with E-state index in [2.05, 4.69) is 15.9 Å². The van der Waals surface area contributed by atoms with Gasteiger partial charge in [0, 0.05) is 9.50 Å². The Morgan fingerprint density at radius 3 is 2.62 bits per heavy atom. The smallest absolute Gasteiger partial charge is 0.409 e. The van der Waals surface area contributed by atoms with Crippen LogP contribution in [0.5, 0.6) is 0 Å². The van der Waals surface area contributed by atoms with Crippen molar-refractivity contribution in [1.82, 2.24) is 4.57 Å². The minimum Gasteiger partial charge on any atom is -0.409 e. The van der Waals surface area contributed by atoms with Crippen molar-refractivity contribution >= 4 is 38.5 Å². The van der Waals surface area contributed by atoms with Gasteiger partial charge in [-0.2, -0.15) is 0 Å². The number of benzene rings is 2. The van der Waals surface area contributed by atoms with Crippen molar-refractivity contribution in [2.75, 3.05) is 0 Å². The molecular weight excluding hydrogens is 365 g/mol. The zero-order chi connectivity index (χ0) is 15.1. The van der Waals surface area contributed by atoms with Crippen LogP contribution in [0.15, 0.2) is 54.9 Å². The number of fused-ring (bicyclic) bond motifs is 1. The van der Waals surface area contributed by atoms with Gasteiger partial charge in [-0.15, -0.1) is 0 Å². The van der Waals surface area contributed by atoms with E-state index in [1.165, 1.54) is 24.3 Å². The molecule has 0 N–H and O–H groups in total. The highest BCUT2D eigenvalue weighted by atomic mass is 79.9. The third-order valence-corrected chi connectivity index (χ3v) is 3.63. The van der Waals surface area contributed by atoms with E-state index in [0.29, 0.717) is 9.04 Å². The molecule has 7 heteroatoms. The molecule has 0 spiro atoms.